The Morgan fingerprint density at radius 2 is 2.11 bits per heavy atom. The van der Waals surface area contributed by atoms with Crippen LogP contribution >= 0.6 is 0 Å². The van der Waals surface area contributed by atoms with Crippen LogP contribution in [0.2, 0.25) is 0 Å². The Labute approximate surface area is 108 Å². The Kier molecular flexibility index (Phi) is 4.15. The summed E-state index contributed by atoms with van der Waals surface area (Å²) in [7, 11) is 0. The molecule has 18 heavy (non-hydrogen) atoms. The summed E-state index contributed by atoms with van der Waals surface area (Å²) < 4.78 is 0. The van der Waals surface area contributed by atoms with Gasteiger partial charge in [-0.05, 0) is 19.0 Å². The molecule has 0 saturated carbocycles. The fraction of sp³-hybridized carbons (Fsp3) is 0.538. The third-order valence-electron chi connectivity index (χ3n) is 3.28. The highest BCUT2D eigenvalue weighted by atomic mass is 16.2. The van der Waals surface area contributed by atoms with Crippen molar-refractivity contribution in [1.82, 2.24) is 14.8 Å². The SMILES string of the molecule is CCCN1CCN(C(=O)c2ccncc2N)CC1. The van der Waals surface area contributed by atoms with Gasteiger partial charge in [0.2, 0.25) is 0 Å². The van der Waals surface area contributed by atoms with Crippen LogP contribution in [0, 0.1) is 0 Å². The van der Waals surface area contributed by atoms with Crippen molar-refractivity contribution in [2.45, 2.75) is 13.3 Å². The number of aromatic nitrogens is 1. The number of nitrogens with zero attached hydrogens (tertiary/aromatic N) is 3. The van der Waals surface area contributed by atoms with Crippen LogP contribution in [-0.4, -0.2) is 53.4 Å². The minimum atomic E-state index is 0.0195. The number of nitrogens with two attached hydrogens (primary N) is 1. The zero-order valence-electron chi connectivity index (χ0n) is 10.8. The zero-order valence-corrected chi connectivity index (χ0v) is 10.8. The van der Waals surface area contributed by atoms with Gasteiger partial charge in [-0.2, -0.15) is 0 Å². The monoisotopic (exact) mass is 248 g/mol. The van der Waals surface area contributed by atoms with E-state index < -0.39 is 0 Å². The fourth-order valence-corrected chi connectivity index (χ4v) is 2.26. The van der Waals surface area contributed by atoms with Crippen molar-refractivity contribution in [2.24, 2.45) is 0 Å². The molecule has 1 fully saturated rings. The lowest BCUT2D eigenvalue weighted by Crippen LogP contribution is -2.48. The zero-order chi connectivity index (χ0) is 13.0. The Morgan fingerprint density at radius 1 is 1.39 bits per heavy atom. The fourth-order valence-electron chi connectivity index (χ4n) is 2.26. The maximum atomic E-state index is 12.3. The first-order valence-electron chi connectivity index (χ1n) is 6.43. The molecule has 0 unspecified atom stereocenters. The number of anilines is 1. The van der Waals surface area contributed by atoms with Crippen LogP contribution in [0.3, 0.4) is 0 Å². The van der Waals surface area contributed by atoms with Crippen LogP contribution in [0.4, 0.5) is 5.69 Å². The Balaban J connectivity index is 1.98. The van der Waals surface area contributed by atoms with Crippen LogP contribution in [0.5, 0.6) is 0 Å². The minimum Gasteiger partial charge on any atom is -0.397 e. The normalized spacial score (nSPS) is 16.8. The highest BCUT2D eigenvalue weighted by molar-refractivity contribution is 5.98. The number of nitrogen functional groups attached to an aromatic ring is 1. The van der Waals surface area contributed by atoms with Gasteiger partial charge >= 0.3 is 0 Å². The molecule has 2 heterocycles. The minimum absolute atomic E-state index is 0.0195. The first-order chi connectivity index (χ1) is 8.72. The number of hydrogen-bond acceptors (Lipinski definition) is 4. The molecule has 1 aromatic heterocycles. The van der Waals surface area contributed by atoms with Gasteiger partial charge in [-0.15, -0.1) is 0 Å². The van der Waals surface area contributed by atoms with Crippen molar-refractivity contribution in [2.75, 3.05) is 38.5 Å². The van der Waals surface area contributed by atoms with Gasteiger partial charge in [0.05, 0.1) is 17.4 Å². The van der Waals surface area contributed by atoms with E-state index in [1.54, 1.807) is 12.3 Å². The molecule has 98 valence electrons. The first kappa shape index (κ1) is 12.8. The summed E-state index contributed by atoms with van der Waals surface area (Å²) in [5.74, 6) is 0.0195. The lowest BCUT2D eigenvalue weighted by atomic mass is 10.2. The lowest BCUT2D eigenvalue weighted by molar-refractivity contribution is 0.0638. The molecule has 1 aromatic rings. The van der Waals surface area contributed by atoms with E-state index in [0.717, 1.165) is 39.1 Å². The largest absolute Gasteiger partial charge is 0.397 e. The summed E-state index contributed by atoms with van der Waals surface area (Å²) in [6.45, 7) is 6.74. The highest BCUT2D eigenvalue weighted by Crippen LogP contribution is 2.13. The van der Waals surface area contributed by atoms with Crippen molar-refractivity contribution in [3.63, 3.8) is 0 Å². The number of piperazine rings is 1. The van der Waals surface area contributed by atoms with Crippen molar-refractivity contribution < 1.29 is 4.79 Å². The van der Waals surface area contributed by atoms with Gasteiger partial charge in [0.25, 0.3) is 5.91 Å². The van der Waals surface area contributed by atoms with Crippen molar-refractivity contribution in [3.05, 3.63) is 24.0 Å². The predicted octanol–water partition coefficient (Wildman–Crippen LogP) is 0.832. The number of pyridine rings is 1. The molecule has 0 bridgehead atoms. The second-order valence-corrected chi connectivity index (χ2v) is 4.60. The van der Waals surface area contributed by atoms with Gasteiger partial charge in [-0.1, -0.05) is 6.92 Å². The maximum Gasteiger partial charge on any atom is 0.256 e. The van der Waals surface area contributed by atoms with E-state index in [1.807, 2.05) is 4.90 Å². The number of rotatable bonds is 3. The van der Waals surface area contributed by atoms with Crippen LogP contribution in [0.1, 0.15) is 23.7 Å². The summed E-state index contributed by atoms with van der Waals surface area (Å²) in [5.41, 5.74) is 6.80. The molecular formula is C13H20N4O. The summed E-state index contributed by atoms with van der Waals surface area (Å²) >= 11 is 0. The number of carbonyl (C=O) groups excluding carboxylic acids is 1. The first-order valence-corrected chi connectivity index (χ1v) is 6.43. The standard InChI is InChI=1S/C13H20N4O/c1-2-5-16-6-8-17(9-7-16)13(18)11-3-4-15-10-12(11)14/h3-4,10H,2,5-9,14H2,1H3. The molecule has 0 atom stereocenters. The molecule has 0 radical (unpaired) electrons. The van der Waals surface area contributed by atoms with E-state index >= 15 is 0 Å². The molecule has 0 aliphatic carbocycles. The molecular weight excluding hydrogens is 228 g/mol. The third kappa shape index (κ3) is 2.79. The van der Waals surface area contributed by atoms with Gasteiger partial charge in [-0.25, -0.2) is 0 Å². The smallest absolute Gasteiger partial charge is 0.256 e. The Morgan fingerprint density at radius 3 is 2.72 bits per heavy atom. The average molecular weight is 248 g/mol. The van der Waals surface area contributed by atoms with Crippen molar-refractivity contribution in [1.29, 1.82) is 0 Å². The van der Waals surface area contributed by atoms with Gasteiger partial charge < -0.3 is 10.6 Å². The second kappa shape index (κ2) is 5.82. The van der Waals surface area contributed by atoms with Crippen LogP contribution < -0.4 is 5.73 Å². The van der Waals surface area contributed by atoms with Gasteiger partial charge in [0.15, 0.2) is 0 Å². The van der Waals surface area contributed by atoms with E-state index in [2.05, 4.69) is 16.8 Å². The van der Waals surface area contributed by atoms with E-state index in [9.17, 15) is 4.79 Å². The quantitative estimate of drug-likeness (QED) is 0.860. The molecule has 0 aromatic carbocycles. The van der Waals surface area contributed by atoms with Crippen LogP contribution in [0.25, 0.3) is 0 Å². The molecule has 2 rings (SSSR count). The topological polar surface area (TPSA) is 62.5 Å². The number of hydrogen-bond donors (Lipinski definition) is 1. The Bertz CT molecular complexity index is 413. The van der Waals surface area contributed by atoms with Crippen molar-refractivity contribution in [3.8, 4) is 0 Å². The molecule has 5 heteroatoms. The third-order valence-corrected chi connectivity index (χ3v) is 3.28. The molecule has 1 amide bonds. The molecule has 2 N–H and O–H groups in total. The molecule has 1 aliphatic rings. The highest BCUT2D eigenvalue weighted by Gasteiger charge is 2.22. The summed E-state index contributed by atoms with van der Waals surface area (Å²) in [5, 5.41) is 0. The predicted molar refractivity (Wildman–Crippen MR) is 71.3 cm³/mol. The van der Waals surface area contributed by atoms with Crippen molar-refractivity contribution >= 4 is 11.6 Å². The Hall–Kier alpha value is -1.62. The lowest BCUT2D eigenvalue weighted by Gasteiger charge is -2.34. The average Bonchev–Trinajstić information content (AvgIpc) is 2.40. The van der Waals surface area contributed by atoms with Gasteiger partial charge in [0.1, 0.15) is 0 Å². The summed E-state index contributed by atoms with van der Waals surface area (Å²) in [6.07, 6.45) is 4.29. The van der Waals surface area contributed by atoms with E-state index in [1.165, 1.54) is 6.20 Å². The van der Waals surface area contributed by atoms with Gasteiger partial charge in [0, 0.05) is 32.4 Å². The number of amides is 1. The number of carbonyl (C=O) groups is 1. The van der Waals surface area contributed by atoms with E-state index in [4.69, 9.17) is 5.73 Å². The van der Waals surface area contributed by atoms with Crippen LogP contribution in [-0.2, 0) is 0 Å². The van der Waals surface area contributed by atoms with Crippen LogP contribution in [0.15, 0.2) is 18.5 Å². The second-order valence-electron chi connectivity index (χ2n) is 4.60. The summed E-state index contributed by atoms with van der Waals surface area (Å²) in [6, 6.07) is 1.69. The molecule has 0 spiro atoms. The van der Waals surface area contributed by atoms with E-state index in [-0.39, 0.29) is 5.91 Å². The van der Waals surface area contributed by atoms with Gasteiger partial charge in [-0.3, -0.25) is 14.7 Å². The summed E-state index contributed by atoms with van der Waals surface area (Å²) in [4.78, 5) is 20.5. The maximum absolute atomic E-state index is 12.3. The van der Waals surface area contributed by atoms with E-state index in [0.29, 0.717) is 11.3 Å². The molecule has 1 aliphatic heterocycles. The molecule has 1 saturated heterocycles. The molecule has 5 nitrogen and oxygen atoms in total.